The van der Waals surface area contributed by atoms with Gasteiger partial charge in [0, 0.05) is 6.07 Å². The molecule has 1 aromatic carbocycles. The highest BCUT2D eigenvalue weighted by Crippen LogP contribution is 2.16. The zero-order valence-electron chi connectivity index (χ0n) is 7.00. The number of halogens is 1. The Bertz CT molecular complexity index is 377. The number of carbonyl (C=O) groups excluding carboxylic acids is 1. The minimum Gasteiger partial charge on any atom is -0.497 e. The van der Waals surface area contributed by atoms with Crippen LogP contribution < -0.4 is 4.74 Å². The smallest absolute Gasteiger partial charge is 0.238 e. The lowest BCUT2D eigenvalue weighted by molar-refractivity contribution is 0.105. The molecule has 0 atom stereocenters. The van der Waals surface area contributed by atoms with E-state index in [0.717, 1.165) is 6.07 Å². The van der Waals surface area contributed by atoms with Crippen molar-refractivity contribution in [2.75, 3.05) is 7.11 Å². The maximum Gasteiger partial charge on any atom is 0.238 e. The highest BCUT2D eigenvalue weighted by Gasteiger charge is 2.09. The predicted molar refractivity (Wildman–Crippen MR) is 46.1 cm³/mol. The number of rotatable bonds is 2. The first-order valence-electron chi connectivity index (χ1n) is 3.53. The molecule has 0 heterocycles. The number of hydrogen-bond donors (Lipinski definition) is 0. The highest BCUT2D eigenvalue weighted by atomic mass is 19.1. The standard InChI is InChI=1S/C10H7FO2/c1-3-10(12)8-5-4-7(13-2)6-9(8)11/h1,4-6H,2H3. The van der Waals surface area contributed by atoms with Crippen LogP contribution in [0.3, 0.4) is 0 Å². The summed E-state index contributed by atoms with van der Waals surface area (Å²) in [5.41, 5.74) is -0.108. The number of methoxy groups -OCH3 is 1. The van der Waals surface area contributed by atoms with Crippen LogP contribution in [0.2, 0.25) is 0 Å². The van der Waals surface area contributed by atoms with Crippen molar-refractivity contribution in [3.63, 3.8) is 0 Å². The molecule has 0 unspecified atom stereocenters. The van der Waals surface area contributed by atoms with Gasteiger partial charge in [0.05, 0.1) is 12.7 Å². The zero-order chi connectivity index (χ0) is 9.84. The summed E-state index contributed by atoms with van der Waals surface area (Å²) in [6.45, 7) is 0. The first-order valence-corrected chi connectivity index (χ1v) is 3.53. The second kappa shape index (κ2) is 3.72. The first kappa shape index (κ1) is 9.27. The molecule has 0 bridgehead atoms. The first-order chi connectivity index (χ1) is 6.19. The minimum absolute atomic E-state index is 0.108. The van der Waals surface area contributed by atoms with Crippen LogP contribution in [0.15, 0.2) is 18.2 Å². The summed E-state index contributed by atoms with van der Waals surface area (Å²) < 4.78 is 17.8. The maximum atomic E-state index is 13.1. The van der Waals surface area contributed by atoms with Gasteiger partial charge in [0.25, 0.3) is 0 Å². The van der Waals surface area contributed by atoms with Crippen molar-refractivity contribution in [3.8, 4) is 18.1 Å². The number of benzene rings is 1. The molecule has 13 heavy (non-hydrogen) atoms. The van der Waals surface area contributed by atoms with Crippen LogP contribution in [0, 0.1) is 18.2 Å². The Balaban J connectivity index is 3.14. The number of hydrogen-bond acceptors (Lipinski definition) is 2. The minimum atomic E-state index is -0.667. The van der Waals surface area contributed by atoms with E-state index in [1.807, 2.05) is 5.92 Å². The molecule has 2 nitrogen and oxygen atoms in total. The number of ketones is 1. The van der Waals surface area contributed by atoms with Gasteiger partial charge in [-0.25, -0.2) is 4.39 Å². The van der Waals surface area contributed by atoms with E-state index in [-0.39, 0.29) is 5.56 Å². The van der Waals surface area contributed by atoms with Crippen molar-refractivity contribution in [2.45, 2.75) is 0 Å². The van der Waals surface area contributed by atoms with Crippen molar-refractivity contribution in [1.29, 1.82) is 0 Å². The Kier molecular flexibility index (Phi) is 2.65. The van der Waals surface area contributed by atoms with Crippen molar-refractivity contribution >= 4 is 5.78 Å². The fourth-order valence-electron chi connectivity index (χ4n) is 0.885. The van der Waals surface area contributed by atoms with Gasteiger partial charge in [-0.05, 0) is 18.1 Å². The van der Waals surface area contributed by atoms with Gasteiger partial charge in [-0.15, -0.1) is 6.42 Å². The van der Waals surface area contributed by atoms with Crippen LogP contribution in [0.25, 0.3) is 0 Å². The van der Waals surface area contributed by atoms with Gasteiger partial charge in [0.15, 0.2) is 0 Å². The lowest BCUT2D eigenvalue weighted by Gasteiger charge is -2.01. The van der Waals surface area contributed by atoms with Gasteiger partial charge in [-0.1, -0.05) is 0 Å². The van der Waals surface area contributed by atoms with E-state index in [9.17, 15) is 9.18 Å². The Morgan fingerprint density at radius 2 is 2.31 bits per heavy atom. The number of carbonyl (C=O) groups is 1. The number of Topliss-reactive ketones (excluding diaryl/α,β-unsaturated/α-hetero) is 1. The average Bonchev–Trinajstić information content (AvgIpc) is 2.16. The monoisotopic (exact) mass is 178 g/mol. The van der Waals surface area contributed by atoms with Crippen LogP contribution in [-0.2, 0) is 0 Å². The molecular weight excluding hydrogens is 171 g/mol. The van der Waals surface area contributed by atoms with E-state index in [2.05, 4.69) is 0 Å². The SMILES string of the molecule is C#CC(=O)c1ccc(OC)cc1F. The average molecular weight is 178 g/mol. The maximum absolute atomic E-state index is 13.1. The molecule has 0 saturated carbocycles. The third-order valence-electron chi connectivity index (χ3n) is 1.55. The second-order valence-electron chi connectivity index (χ2n) is 2.32. The fraction of sp³-hybridized carbons (Fsp3) is 0.100. The molecule has 0 N–H and O–H groups in total. The Labute approximate surface area is 75.3 Å². The van der Waals surface area contributed by atoms with E-state index in [1.165, 1.54) is 19.2 Å². The van der Waals surface area contributed by atoms with Gasteiger partial charge in [-0.2, -0.15) is 0 Å². The predicted octanol–water partition coefficient (Wildman–Crippen LogP) is 1.65. The largest absolute Gasteiger partial charge is 0.497 e. The second-order valence-corrected chi connectivity index (χ2v) is 2.32. The molecule has 1 aromatic rings. The highest BCUT2D eigenvalue weighted by molar-refractivity contribution is 6.08. The van der Waals surface area contributed by atoms with Gasteiger partial charge in [-0.3, -0.25) is 4.79 Å². The quantitative estimate of drug-likeness (QED) is 0.391. The molecule has 0 saturated heterocycles. The molecule has 66 valence electrons. The summed E-state index contributed by atoms with van der Waals surface area (Å²) in [5.74, 6) is 0.862. The molecule has 0 aliphatic heterocycles. The van der Waals surface area contributed by atoms with Crippen LogP contribution >= 0.6 is 0 Å². The molecule has 0 aromatic heterocycles. The normalized spacial score (nSPS) is 9.00. The van der Waals surface area contributed by atoms with Crippen LogP contribution in [0.1, 0.15) is 10.4 Å². The van der Waals surface area contributed by atoms with Crippen molar-refractivity contribution in [2.24, 2.45) is 0 Å². The van der Waals surface area contributed by atoms with E-state index < -0.39 is 11.6 Å². The molecule has 3 heteroatoms. The molecule has 0 amide bonds. The lowest BCUT2D eigenvalue weighted by Crippen LogP contribution is -1.99. The van der Waals surface area contributed by atoms with Gasteiger partial charge >= 0.3 is 0 Å². The van der Waals surface area contributed by atoms with E-state index in [1.54, 1.807) is 0 Å². The topological polar surface area (TPSA) is 26.3 Å². The van der Waals surface area contributed by atoms with Crippen molar-refractivity contribution in [3.05, 3.63) is 29.6 Å². The summed E-state index contributed by atoms with van der Waals surface area (Å²) >= 11 is 0. The Morgan fingerprint density at radius 1 is 1.62 bits per heavy atom. The summed E-state index contributed by atoms with van der Waals surface area (Å²) in [6.07, 6.45) is 4.85. The molecule has 0 aliphatic carbocycles. The molecule has 1 rings (SSSR count). The summed E-state index contributed by atoms with van der Waals surface area (Å²) in [4.78, 5) is 10.9. The van der Waals surface area contributed by atoms with Crippen molar-refractivity contribution < 1.29 is 13.9 Å². The third-order valence-corrected chi connectivity index (χ3v) is 1.55. The Morgan fingerprint density at radius 3 is 2.77 bits per heavy atom. The van der Waals surface area contributed by atoms with Gasteiger partial charge in [0.2, 0.25) is 5.78 Å². The molecule has 0 aliphatic rings. The number of terminal acetylenes is 1. The summed E-state index contributed by atoms with van der Waals surface area (Å²) in [6, 6.07) is 3.90. The van der Waals surface area contributed by atoms with Crippen LogP contribution in [0.4, 0.5) is 4.39 Å². The fourth-order valence-corrected chi connectivity index (χ4v) is 0.885. The van der Waals surface area contributed by atoms with E-state index in [4.69, 9.17) is 11.2 Å². The van der Waals surface area contributed by atoms with Crippen molar-refractivity contribution in [1.82, 2.24) is 0 Å². The molecule has 0 spiro atoms. The molecule has 0 radical (unpaired) electrons. The molecule has 0 fully saturated rings. The summed E-state index contributed by atoms with van der Waals surface area (Å²) in [5, 5.41) is 0. The van der Waals surface area contributed by atoms with Crippen LogP contribution in [0.5, 0.6) is 5.75 Å². The number of ether oxygens (including phenoxy) is 1. The van der Waals surface area contributed by atoms with Gasteiger partial charge < -0.3 is 4.74 Å². The Hall–Kier alpha value is -1.82. The summed E-state index contributed by atoms with van der Waals surface area (Å²) in [7, 11) is 1.41. The van der Waals surface area contributed by atoms with E-state index in [0.29, 0.717) is 5.75 Å². The van der Waals surface area contributed by atoms with Crippen LogP contribution in [-0.4, -0.2) is 12.9 Å². The molecular formula is C10H7FO2. The zero-order valence-corrected chi connectivity index (χ0v) is 7.00. The lowest BCUT2D eigenvalue weighted by atomic mass is 10.1. The third kappa shape index (κ3) is 1.85. The van der Waals surface area contributed by atoms with E-state index >= 15 is 0 Å². The van der Waals surface area contributed by atoms with Gasteiger partial charge in [0.1, 0.15) is 11.6 Å².